The Kier molecular flexibility index (Phi) is 5.18. The summed E-state index contributed by atoms with van der Waals surface area (Å²) in [5.74, 6) is -2.23. The zero-order chi connectivity index (χ0) is 20.0. The van der Waals surface area contributed by atoms with Gasteiger partial charge in [-0.25, -0.2) is 13.3 Å². The number of nitrogens with zero attached hydrogens (tertiary/aromatic N) is 1. The first-order chi connectivity index (χ1) is 12.5. The first kappa shape index (κ1) is 20.0. The lowest BCUT2D eigenvalue weighted by molar-refractivity contribution is -0.661. The van der Waals surface area contributed by atoms with Crippen molar-refractivity contribution in [2.24, 2.45) is 7.05 Å². The summed E-state index contributed by atoms with van der Waals surface area (Å²) in [5.41, 5.74) is 7.57. The van der Waals surface area contributed by atoms with Gasteiger partial charge in [-0.1, -0.05) is 32.9 Å². The molecule has 27 heavy (non-hydrogen) atoms. The fraction of sp³-hybridized carbons (Fsp3) is 0.542. The van der Waals surface area contributed by atoms with Crippen molar-refractivity contribution in [2.75, 3.05) is 0 Å². The second-order valence-electron chi connectivity index (χ2n) is 9.32. The van der Waals surface area contributed by atoms with Crippen LogP contribution in [0.4, 0.5) is 8.78 Å². The molecule has 1 heterocycles. The average Bonchev–Trinajstić information content (AvgIpc) is 2.56. The van der Waals surface area contributed by atoms with Gasteiger partial charge in [-0.3, -0.25) is 0 Å². The zero-order valence-corrected chi connectivity index (χ0v) is 17.5. The number of halogens is 2. The van der Waals surface area contributed by atoms with Crippen molar-refractivity contribution in [1.29, 1.82) is 0 Å². The summed E-state index contributed by atoms with van der Waals surface area (Å²) in [6.07, 6.45) is 3.33. The Bertz CT molecular complexity index is 836. The maximum atomic E-state index is 13.5. The van der Waals surface area contributed by atoms with Gasteiger partial charge in [0.2, 0.25) is 11.6 Å². The maximum Gasteiger partial charge on any atom is 0.248 e. The molecule has 1 aromatic carbocycles. The van der Waals surface area contributed by atoms with Crippen LogP contribution in [0.1, 0.15) is 74.6 Å². The van der Waals surface area contributed by atoms with Crippen LogP contribution in [-0.2, 0) is 12.5 Å². The number of rotatable bonds is 2. The quantitative estimate of drug-likeness (QED) is 0.538. The molecule has 2 aromatic rings. The monoisotopic (exact) mass is 372 g/mol. The van der Waals surface area contributed by atoms with E-state index in [1.807, 2.05) is 0 Å². The van der Waals surface area contributed by atoms with Gasteiger partial charge in [-0.2, -0.15) is 0 Å². The van der Waals surface area contributed by atoms with Crippen molar-refractivity contribution in [1.82, 2.24) is 0 Å². The van der Waals surface area contributed by atoms with Gasteiger partial charge >= 0.3 is 0 Å². The number of aryl methyl sites for hydroxylation is 3. The van der Waals surface area contributed by atoms with Crippen molar-refractivity contribution < 1.29 is 13.3 Å². The SMILES string of the molecule is Cc1cc(C(C)(C)C)ccc1-c1cc(C)c(C2CCC(F)(F)CC2)c[n+]1C. The third-order valence-corrected chi connectivity index (χ3v) is 6.05. The molecule has 1 aliphatic rings. The second kappa shape index (κ2) is 7.00. The number of pyridine rings is 1. The lowest BCUT2D eigenvalue weighted by Crippen LogP contribution is -2.33. The highest BCUT2D eigenvalue weighted by molar-refractivity contribution is 5.63. The zero-order valence-electron chi connectivity index (χ0n) is 17.5. The van der Waals surface area contributed by atoms with Crippen LogP contribution in [0.3, 0.4) is 0 Å². The van der Waals surface area contributed by atoms with Crippen LogP contribution >= 0.6 is 0 Å². The largest absolute Gasteiger partial charge is 0.248 e. The fourth-order valence-corrected chi connectivity index (χ4v) is 4.23. The van der Waals surface area contributed by atoms with Crippen molar-refractivity contribution in [2.45, 2.75) is 77.6 Å². The normalized spacial score (nSPS) is 17.9. The molecule has 3 rings (SSSR count). The second-order valence-corrected chi connectivity index (χ2v) is 9.32. The molecule has 1 fully saturated rings. The molecule has 0 aliphatic heterocycles. The minimum absolute atomic E-state index is 0.00987. The fourth-order valence-electron chi connectivity index (χ4n) is 4.23. The van der Waals surface area contributed by atoms with Crippen LogP contribution in [0.5, 0.6) is 0 Å². The highest BCUT2D eigenvalue weighted by Gasteiger charge is 2.36. The highest BCUT2D eigenvalue weighted by Crippen LogP contribution is 2.41. The minimum atomic E-state index is -2.47. The number of aromatic nitrogens is 1. The summed E-state index contributed by atoms with van der Waals surface area (Å²) in [7, 11) is 2.06. The Balaban J connectivity index is 1.94. The Hall–Kier alpha value is -1.77. The van der Waals surface area contributed by atoms with E-state index in [1.54, 1.807) is 0 Å². The molecular formula is C24H32F2N+. The molecule has 0 atom stereocenters. The number of alkyl halides is 2. The Labute approximate surface area is 162 Å². The van der Waals surface area contributed by atoms with E-state index in [1.165, 1.54) is 33.5 Å². The van der Waals surface area contributed by atoms with Crippen LogP contribution in [0.2, 0.25) is 0 Å². The number of benzene rings is 1. The van der Waals surface area contributed by atoms with E-state index >= 15 is 0 Å². The molecule has 1 aromatic heterocycles. The van der Waals surface area contributed by atoms with E-state index in [4.69, 9.17) is 0 Å². The molecule has 146 valence electrons. The molecule has 0 N–H and O–H groups in total. The lowest BCUT2D eigenvalue weighted by Gasteiger charge is -2.28. The van der Waals surface area contributed by atoms with Gasteiger partial charge in [0.25, 0.3) is 0 Å². The van der Waals surface area contributed by atoms with Gasteiger partial charge in [0.1, 0.15) is 7.05 Å². The molecule has 0 unspecified atom stereocenters. The van der Waals surface area contributed by atoms with Crippen LogP contribution in [-0.4, -0.2) is 5.92 Å². The first-order valence-electron chi connectivity index (χ1n) is 9.97. The molecule has 0 radical (unpaired) electrons. The summed E-state index contributed by atoms with van der Waals surface area (Å²) in [6.45, 7) is 11.0. The first-order valence-corrected chi connectivity index (χ1v) is 9.97. The van der Waals surface area contributed by atoms with E-state index in [2.05, 4.69) is 76.7 Å². The summed E-state index contributed by atoms with van der Waals surface area (Å²) in [4.78, 5) is 0. The molecule has 1 nitrogen and oxygen atoms in total. The smallest absolute Gasteiger partial charge is 0.207 e. The van der Waals surface area contributed by atoms with Gasteiger partial charge in [-0.15, -0.1) is 0 Å². The third-order valence-electron chi connectivity index (χ3n) is 6.05. The number of hydrogen-bond donors (Lipinski definition) is 0. The van der Waals surface area contributed by atoms with Gasteiger partial charge < -0.3 is 0 Å². The van der Waals surface area contributed by atoms with Crippen molar-refractivity contribution in [3.63, 3.8) is 0 Å². The number of hydrogen-bond acceptors (Lipinski definition) is 0. The lowest BCUT2D eigenvalue weighted by atomic mass is 9.81. The van der Waals surface area contributed by atoms with Gasteiger partial charge in [0.05, 0.1) is 0 Å². The van der Waals surface area contributed by atoms with E-state index in [9.17, 15) is 8.78 Å². The molecule has 3 heteroatoms. The highest BCUT2D eigenvalue weighted by atomic mass is 19.3. The van der Waals surface area contributed by atoms with E-state index < -0.39 is 5.92 Å². The van der Waals surface area contributed by atoms with Crippen LogP contribution in [0.25, 0.3) is 11.3 Å². The molecule has 1 saturated carbocycles. The predicted molar refractivity (Wildman–Crippen MR) is 107 cm³/mol. The van der Waals surface area contributed by atoms with Gasteiger partial charge in [-0.05, 0) is 60.8 Å². The Morgan fingerprint density at radius 3 is 2.19 bits per heavy atom. The standard InChI is InChI=1S/C24H32F2N/c1-16-13-19(23(3,4)5)7-8-20(16)22-14-17(2)21(15-27(22)6)18-9-11-24(25,26)12-10-18/h7-8,13-15,18H,9-12H2,1-6H3/q+1. The van der Waals surface area contributed by atoms with Crippen molar-refractivity contribution in [3.8, 4) is 11.3 Å². The maximum absolute atomic E-state index is 13.5. The molecule has 1 aliphatic carbocycles. The Morgan fingerprint density at radius 1 is 1.00 bits per heavy atom. The summed E-state index contributed by atoms with van der Waals surface area (Å²) < 4.78 is 29.2. The van der Waals surface area contributed by atoms with E-state index in [0.717, 1.165) is 0 Å². The molecule has 0 bridgehead atoms. The van der Waals surface area contributed by atoms with Crippen molar-refractivity contribution in [3.05, 3.63) is 52.7 Å². The predicted octanol–water partition coefficient (Wildman–Crippen LogP) is 6.39. The van der Waals surface area contributed by atoms with E-state index in [-0.39, 0.29) is 24.2 Å². The third kappa shape index (κ3) is 4.23. The van der Waals surface area contributed by atoms with Gasteiger partial charge in [0, 0.05) is 30.0 Å². The molecule has 0 amide bonds. The summed E-state index contributed by atoms with van der Waals surface area (Å²) >= 11 is 0. The van der Waals surface area contributed by atoms with Crippen molar-refractivity contribution >= 4 is 0 Å². The summed E-state index contributed by atoms with van der Waals surface area (Å²) in [5, 5.41) is 0. The van der Waals surface area contributed by atoms with Crippen LogP contribution in [0, 0.1) is 13.8 Å². The molecular weight excluding hydrogens is 340 g/mol. The average molecular weight is 373 g/mol. The van der Waals surface area contributed by atoms with Crippen LogP contribution < -0.4 is 4.57 Å². The topological polar surface area (TPSA) is 3.88 Å². The Morgan fingerprint density at radius 2 is 1.63 bits per heavy atom. The summed E-state index contributed by atoms with van der Waals surface area (Å²) in [6, 6.07) is 8.93. The van der Waals surface area contributed by atoms with Crippen LogP contribution in [0.15, 0.2) is 30.5 Å². The van der Waals surface area contributed by atoms with E-state index in [0.29, 0.717) is 12.8 Å². The molecule has 0 saturated heterocycles. The molecule has 0 spiro atoms. The minimum Gasteiger partial charge on any atom is -0.207 e. The van der Waals surface area contributed by atoms with Gasteiger partial charge in [0.15, 0.2) is 6.20 Å².